The van der Waals surface area contributed by atoms with Crippen LogP contribution in [0, 0.1) is 0 Å². The van der Waals surface area contributed by atoms with Gasteiger partial charge in [0.2, 0.25) is 5.67 Å². The van der Waals surface area contributed by atoms with Gasteiger partial charge in [0.1, 0.15) is 5.60 Å². The number of carbonyl (C=O) groups is 2. The highest BCUT2D eigenvalue weighted by atomic mass is 19.1. The van der Waals surface area contributed by atoms with Crippen LogP contribution in [0.3, 0.4) is 0 Å². The Hall–Kier alpha value is -2.23. The molecule has 2 atom stereocenters. The molecule has 0 unspecified atom stereocenters. The third kappa shape index (κ3) is 3.64. The lowest BCUT2D eigenvalue weighted by molar-refractivity contribution is -0.168. The third-order valence-electron chi connectivity index (χ3n) is 3.87. The smallest absolute Gasteiger partial charge is 0.349 e. The van der Waals surface area contributed by atoms with Crippen LogP contribution in [0.1, 0.15) is 45.6 Å². The van der Waals surface area contributed by atoms with Crippen LogP contribution < -0.4 is 0 Å². The summed E-state index contributed by atoms with van der Waals surface area (Å²) in [5.41, 5.74) is -2.56. The Bertz CT molecular complexity index is 683. The van der Waals surface area contributed by atoms with Crippen molar-refractivity contribution in [3.63, 3.8) is 0 Å². The van der Waals surface area contributed by atoms with Gasteiger partial charge in [0.25, 0.3) is 0 Å². The van der Waals surface area contributed by atoms with E-state index in [-0.39, 0.29) is 17.8 Å². The van der Waals surface area contributed by atoms with Crippen molar-refractivity contribution in [2.75, 3.05) is 0 Å². The van der Waals surface area contributed by atoms with Crippen LogP contribution in [0.2, 0.25) is 0 Å². The number of benzene rings is 1. The number of hydrogen-bond acceptors (Lipinski definition) is 3. The normalized spacial score (nSPS) is 24.8. The fourth-order valence-electron chi connectivity index (χ4n) is 2.87. The molecule has 1 aliphatic rings. The average Bonchev–Trinajstić information content (AvgIpc) is 2.50. The fraction of sp³-hybridized carbons (Fsp3) is 0.400. The molecular weight excluding hydrogens is 307 g/mol. The Kier molecular flexibility index (Phi) is 5.07. The van der Waals surface area contributed by atoms with Crippen molar-refractivity contribution < 1.29 is 18.7 Å². The van der Waals surface area contributed by atoms with Gasteiger partial charge in [-0.05, 0) is 39.3 Å². The summed E-state index contributed by atoms with van der Waals surface area (Å²) in [5.74, 6) is -2.06. The Balaban J connectivity index is 2.58. The molecule has 0 spiro atoms. The van der Waals surface area contributed by atoms with Crippen molar-refractivity contribution in [1.29, 1.82) is 0 Å². The Morgan fingerprint density at radius 1 is 1.29 bits per heavy atom. The highest BCUT2D eigenvalue weighted by Gasteiger charge is 2.54. The lowest BCUT2D eigenvalue weighted by Crippen LogP contribution is -2.48. The van der Waals surface area contributed by atoms with E-state index >= 15 is 4.39 Å². The number of rotatable bonds is 3. The predicted octanol–water partition coefficient (Wildman–Crippen LogP) is 4.30. The third-order valence-corrected chi connectivity index (χ3v) is 3.87. The van der Waals surface area contributed by atoms with Gasteiger partial charge in [-0.2, -0.15) is 0 Å². The number of esters is 1. The largest absolute Gasteiger partial charge is 0.457 e. The maximum Gasteiger partial charge on any atom is 0.349 e. The van der Waals surface area contributed by atoms with E-state index in [0.29, 0.717) is 5.56 Å². The number of alkyl halides is 1. The molecule has 4 heteroatoms. The molecule has 24 heavy (non-hydrogen) atoms. The Morgan fingerprint density at radius 3 is 2.46 bits per heavy atom. The second kappa shape index (κ2) is 6.71. The Morgan fingerprint density at radius 2 is 1.92 bits per heavy atom. The number of hydrogen-bond donors (Lipinski definition) is 0. The van der Waals surface area contributed by atoms with E-state index in [1.54, 1.807) is 58.0 Å². The summed E-state index contributed by atoms with van der Waals surface area (Å²) in [4.78, 5) is 24.8. The van der Waals surface area contributed by atoms with Gasteiger partial charge in [0.05, 0.1) is 0 Å². The van der Waals surface area contributed by atoms with Crippen LogP contribution in [0.25, 0.3) is 0 Å². The van der Waals surface area contributed by atoms with Gasteiger partial charge >= 0.3 is 5.97 Å². The van der Waals surface area contributed by atoms with Crippen molar-refractivity contribution >= 4 is 11.8 Å². The first-order valence-electron chi connectivity index (χ1n) is 8.03. The van der Waals surface area contributed by atoms with Crippen molar-refractivity contribution in [3.05, 3.63) is 59.7 Å². The molecule has 0 saturated heterocycles. The molecule has 3 nitrogen and oxygen atoms in total. The summed E-state index contributed by atoms with van der Waals surface area (Å²) in [7, 11) is 0. The molecule has 0 aliphatic heterocycles. The molecule has 128 valence electrons. The van der Waals surface area contributed by atoms with Crippen LogP contribution in [0.5, 0.6) is 0 Å². The summed E-state index contributed by atoms with van der Waals surface area (Å²) in [6.45, 7) is 6.80. The van der Waals surface area contributed by atoms with Gasteiger partial charge < -0.3 is 4.74 Å². The topological polar surface area (TPSA) is 43.4 Å². The maximum absolute atomic E-state index is 16.1. The van der Waals surface area contributed by atoms with E-state index in [1.165, 1.54) is 12.2 Å². The second-order valence-corrected chi connectivity index (χ2v) is 6.95. The first kappa shape index (κ1) is 18.1. The summed E-state index contributed by atoms with van der Waals surface area (Å²) >= 11 is 0. The molecule has 0 N–H and O–H groups in total. The van der Waals surface area contributed by atoms with E-state index in [0.717, 1.165) is 0 Å². The highest BCUT2D eigenvalue weighted by molar-refractivity contribution is 5.99. The molecule has 1 aliphatic carbocycles. The zero-order chi connectivity index (χ0) is 18.0. The first-order valence-corrected chi connectivity index (χ1v) is 8.03. The quantitative estimate of drug-likeness (QED) is 0.776. The minimum Gasteiger partial charge on any atom is -0.457 e. The van der Waals surface area contributed by atoms with Crippen molar-refractivity contribution in [2.24, 2.45) is 0 Å². The molecule has 2 rings (SSSR count). The first-order chi connectivity index (χ1) is 11.2. The number of ether oxygens (including phenoxy) is 1. The summed E-state index contributed by atoms with van der Waals surface area (Å²) < 4.78 is 21.5. The molecule has 0 bridgehead atoms. The van der Waals surface area contributed by atoms with Gasteiger partial charge in [-0.15, -0.1) is 0 Å². The molecule has 1 aromatic carbocycles. The Labute approximate surface area is 142 Å². The average molecular weight is 330 g/mol. The molecule has 0 heterocycles. The van der Waals surface area contributed by atoms with Crippen LogP contribution in [-0.4, -0.2) is 23.0 Å². The molecule has 0 aromatic heterocycles. The standard InChI is InChI=1S/C20H23FO3/c1-5-9-15-12-16(22)13-17(14-10-7-6-8-11-14)20(15,21)18(23)24-19(2,3)4/h5-12,17H,13H2,1-4H3/b9-5+/t17-,20+/m0/s1. The minimum atomic E-state index is -2.39. The zero-order valence-corrected chi connectivity index (χ0v) is 14.5. The highest BCUT2D eigenvalue weighted by Crippen LogP contribution is 2.45. The second-order valence-electron chi connectivity index (χ2n) is 6.95. The van der Waals surface area contributed by atoms with Gasteiger partial charge in [0.15, 0.2) is 5.78 Å². The van der Waals surface area contributed by atoms with Crippen LogP contribution in [-0.2, 0) is 14.3 Å². The van der Waals surface area contributed by atoms with E-state index in [2.05, 4.69) is 0 Å². The number of allylic oxidation sites excluding steroid dienone is 3. The maximum atomic E-state index is 16.1. The van der Waals surface area contributed by atoms with Crippen LogP contribution in [0.4, 0.5) is 4.39 Å². The summed E-state index contributed by atoms with van der Waals surface area (Å²) in [5, 5.41) is 0. The number of ketones is 1. The van der Waals surface area contributed by atoms with E-state index in [1.807, 2.05) is 6.07 Å². The van der Waals surface area contributed by atoms with Gasteiger partial charge in [-0.25, -0.2) is 9.18 Å². The molecule has 0 saturated carbocycles. The van der Waals surface area contributed by atoms with E-state index in [4.69, 9.17) is 4.74 Å². The SMILES string of the molecule is C/C=C/C1=CC(=O)C[C@@H](c2ccccc2)[C@@]1(F)C(=O)OC(C)(C)C. The van der Waals surface area contributed by atoms with Crippen molar-refractivity contribution in [1.82, 2.24) is 0 Å². The number of halogens is 1. The van der Waals surface area contributed by atoms with Crippen LogP contribution >= 0.6 is 0 Å². The summed E-state index contributed by atoms with van der Waals surface area (Å²) in [6.07, 6.45) is 4.23. The number of carbonyl (C=O) groups excluding carboxylic acids is 2. The minimum absolute atomic E-state index is 0.0457. The molecular formula is C20H23FO3. The van der Waals surface area contributed by atoms with Crippen LogP contribution in [0.15, 0.2) is 54.1 Å². The monoisotopic (exact) mass is 330 g/mol. The predicted molar refractivity (Wildman–Crippen MR) is 91.4 cm³/mol. The fourth-order valence-corrected chi connectivity index (χ4v) is 2.87. The zero-order valence-electron chi connectivity index (χ0n) is 14.5. The lowest BCUT2D eigenvalue weighted by Gasteiger charge is -2.37. The summed E-state index contributed by atoms with van der Waals surface area (Å²) in [6, 6.07) is 8.81. The van der Waals surface area contributed by atoms with E-state index in [9.17, 15) is 9.59 Å². The van der Waals surface area contributed by atoms with Gasteiger partial charge in [-0.1, -0.05) is 42.5 Å². The van der Waals surface area contributed by atoms with Gasteiger partial charge in [0, 0.05) is 17.9 Å². The van der Waals surface area contributed by atoms with Gasteiger partial charge in [-0.3, -0.25) is 4.79 Å². The molecule has 1 aromatic rings. The molecule has 0 radical (unpaired) electrons. The van der Waals surface area contributed by atoms with E-state index < -0.39 is 23.2 Å². The molecule has 0 amide bonds. The van der Waals surface area contributed by atoms with Crippen molar-refractivity contribution in [2.45, 2.75) is 51.3 Å². The molecule has 0 fully saturated rings. The van der Waals surface area contributed by atoms with Crippen molar-refractivity contribution in [3.8, 4) is 0 Å². The lowest BCUT2D eigenvalue weighted by atomic mass is 9.71.